The molecule has 3 aromatic rings. The van der Waals surface area contributed by atoms with Crippen LogP contribution >= 0.6 is 0 Å². The first-order valence-electron chi connectivity index (χ1n) is 11.8. The van der Waals surface area contributed by atoms with E-state index in [4.69, 9.17) is 9.47 Å². The van der Waals surface area contributed by atoms with Crippen LogP contribution in [0.4, 0.5) is 10.1 Å². The van der Waals surface area contributed by atoms with Gasteiger partial charge in [-0.2, -0.15) is 4.31 Å². The van der Waals surface area contributed by atoms with E-state index in [0.717, 1.165) is 17.7 Å². The lowest BCUT2D eigenvalue weighted by atomic mass is 9.92. The Kier molecular flexibility index (Phi) is 6.96. The first-order chi connectivity index (χ1) is 18.2. The lowest BCUT2D eigenvalue weighted by Gasteiger charge is -2.36. The van der Waals surface area contributed by atoms with Crippen LogP contribution in [0.25, 0.3) is 0 Å². The molecule has 0 bridgehead atoms. The van der Waals surface area contributed by atoms with Gasteiger partial charge >= 0.3 is 5.97 Å². The highest BCUT2D eigenvalue weighted by Crippen LogP contribution is 2.36. The third kappa shape index (κ3) is 5.15. The normalized spacial score (nSPS) is 17.0. The Balaban J connectivity index is 1.32. The predicted molar refractivity (Wildman–Crippen MR) is 134 cm³/mol. The van der Waals surface area contributed by atoms with E-state index in [1.54, 1.807) is 18.2 Å². The third-order valence-corrected chi connectivity index (χ3v) is 8.36. The number of halogens is 1. The number of carbonyl (C=O) groups excluding carboxylic acids is 3. The number of hydrogen-bond acceptors (Lipinski definition) is 7. The molecule has 38 heavy (non-hydrogen) atoms. The Morgan fingerprint density at radius 2 is 1.84 bits per heavy atom. The van der Waals surface area contributed by atoms with Gasteiger partial charge in [-0.05, 0) is 60.0 Å². The van der Waals surface area contributed by atoms with Crippen molar-refractivity contribution in [3.8, 4) is 5.75 Å². The number of carbonyl (C=O) groups is 3. The number of anilines is 1. The van der Waals surface area contributed by atoms with Gasteiger partial charge in [-0.1, -0.05) is 24.3 Å². The minimum Gasteiger partial charge on any atom is -0.482 e. The van der Waals surface area contributed by atoms with Crippen LogP contribution in [-0.2, 0) is 30.8 Å². The van der Waals surface area contributed by atoms with E-state index in [-0.39, 0.29) is 35.9 Å². The van der Waals surface area contributed by atoms with E-state index in [2.05, 4.69) is 5.32 Å². The Morgan fingerprint density at radius 1 is 1.08 bits per heavy atom. The molecular weight excluding hydrogens is 515 g/mol. The Morgan fingerprint density at radius 3 is 2.63 bits per heavy atom. The highest BCUT2D eigenvalue weighted by molar-refractivity contribution is 7.89. The maximum Gasteiger partial charge on any atom is 0.308 e. The maximum atomic E-state index is 13.4. The predicted octanol–water partition coefficient (Wildman–Crippen LogP) is 3.26. The molecule has 1 N–H and O–H groups in total. The smallest absolute Gasteiger partial charge is 0.308 e. The van der Waals surface area contributed by atoms with Gasteiger partial charge in [-0.25, -0.2) is 12.8 Å². The molecule has 0 radical (unpaired) electrons. The average molecular weight is 539 g/mol. The summed E-state index contributed by atoms with van der Waals surface area (Å²) in [5.74, 6) is -1.74. The van der Waals surface area contributed by atoms with E-state index in [1.165, 1.54) is 28.6 Å². The van der Waals surface area contributed by atoms with Gasteiger partial charge < -0.3 is 14.8 Å². The zero-order chi connectivity index (χ0) is 26.9. The second-order valence-corrected chi connectivity index (χ2v) is 10.8. The van der Waals surface area contributed by atoms with Gasteiger partial charge in [0.25, 0.3) is 5.91 Å². The average Bonchev–Trinajstić information content (AvgIpc) is 2.91. The number of ether oxygens (including phenoxy) is 2. The van der Waals surface area contributed by atoms with Crippen molar-refractivity contribution in [2.45, 2.75) is 23.8 Å². The van der Waals surface area contributed by atoms with Gasteiger partial charge in [0, 0.05) is 12.1 Å². The molecule has 11 heteroatoms. The number of hydrogen-bond donors (Lipinski definition) is 1. The fourth-order valence-corrected chi connectivity index (χ4v) is 6.18. The number of nitrogens with one attached hydrogen (secondary N) is 1. The van der Waals surface area contributed by atoms with Crippen LogP contribution in [0.15, 0.2) is 71.6 Å². The van der Waals surface area contributed by atoms with E-state index < -0.39 is 40.2 Å². The van der Waals surface area contributed by atoms with Gasteiger partial charge in [-0.15, -0.1) is 0 Å². The van der Waals surface area contributed by atoms with Crippen LogP contribution in [0.3, 0.4) is 0 Å². The number of benzene rings is 3. The molecule has 0 aliphatic carbocycles. The highest BCUT2D eigenvalue weighted by atomic mass is 32.2. The van der Waals surface area contributed by atoms with Crippen molar-refractivity contribution in [3.63, 3.8) is 0 Å². The van der Waals surface area contributed by atoms with E-state index in [9.17, 15) is 27.2 Å². The molecule has 0 saturated carbocycles. The quantitative estimate of drug-likeness (QED) is 0.362. The minimum absolute atomic E-state index is 0.0877. The SMILES string of the molecule is O=C1COc2ccc(C(=O)COC(=O)CC3c4ccccc4CCN3S(=O)(=O)c3ccc(F)cc3)cc2N1. The Bertz CT molecular complexity index is 1520. The summed E-state index contributed by atoms with van der Waals surface area (Å²) in [4.78, 5) is 37.0. The maximum absolute atomic E-state index is 13.4. The van der Waals surface area contributed by atoms with Crippen LogP contribution in [0.5, 0.6) is 5.75 Å². The molecule has 2 aliphatic rings. The zero-order valence-corrected chi connectivity index (χ0v) is 20.9. The van der Waals surface area contributed by atoms with Gasteiger partial charge in [0.15, 0.2) is 19.0 Å². The number of esters is 1. The van der Waals surface area contributed by atoms with Crippen LogP contribution in [0.1, 0.15) is 33.9 Å². The molecule has 2 heterocycles. The van der Waals surface area contributed by atoms with Gasteiger partial charge in [0.2, 0.25) is 10.0 Å². The summed E-state index contributed by atoms with van der Waals surface area (Å²) in [6.45, 7) is -0.557. The molecule has 0 fully saturated rings. The third-order valence-electron chi connectivity index (χ3n) is 6.44. The number of amides is 1. The largest absolute Gasteiger partial charge is 0.482 e. The molecule has 5 rings (SSSR count). The van der Waals surface area contributed by atoms with Gasteiger partial charge in [0.05, 0.1) is 23.0 Å². The molecule has 9 nitrogen and oxygen atoms in total. The highest BCUT2D eigenvalue weighted by Gasteiger charge is 2.38. The first-order valence-corrected chi connectivity index (χ1v) is 13.3. The summed E-state index contributed by atoms with van der Waals surface area (Å²) in [6.07, 6.45) is 0.123. The van der Waals surface area contributed by atoms with Gasteiger partial charge in [0.1, 0.15) is 11.6 Å². The molecular formula is C27H23FN2O7S. The summed E-state index contributed by atoms with van der Waals surface area (Å²) in [6, 6.07) is 15.3. The molecule has 1 amide bonds. The first kappa shape index (κ1) is 25.6. The molecule has 0 saturated heterocycles. The lowest BCUT2D eigenvalue weighted by molar-refractivity contribution is -0.143. The van der Waals surface area contributed by atoms with Crippen molar-refractivity contribution < 1.29 is 36.7 Å². The number of ketones is 1. The van der Waals surface area contributed by atoms with E-state index in [0.29, 0.717) is 23.4 Å². The van der Waals surface area contributed by atoms with Crippen molar-refractivity contribution in [1.82, 2.24) is 4.31 Å². The van der Waals surface area contributed by atoms with E-state index in [1.807, 2.05) is 12.1 Å². The standard InChI is InChI=1S/C27H23FN2O7S/c28-19-6-8-20(9-7-19)38(34,35)30-12-11-17-3-1-2-4-21(17)23(30)14-27(33)37-15-24(31)18-5-10-25-22(13-18)29-26(32)16-36-25/h1-10,13,23H,11-12,14-16H2,(H,29,32). The van der Waals surface area contributed by atoms with Crippen molar-refractivity contribution in [1.29, 1.82) is 0 Å². The van der Waals surface area contributed by atoms with E-state index >= 15 is 0 Å². The zero-order valence-electron chi connectivity index (χ0n) is 20.1. The summed E-state index contributed by atoms with van der Waals surface area (Å²) in [5.41, 5.74) is 2.13. The number of sulfonamides is 1. The summed E-state index contributed by atoms with van der Waals surface area (Å²) in [7, 11) is -4.06. The fourth-order valence-electron chi connectivity index (χ4n) is 4.57. The van der Waals surface area contributed by atoms with Crippen LogP contribution < -0.4 is 10.1 Å². The minimum atomic E-state index is -4.06. The van der Waals surface area contributed by atoms with Crippen molar-refractivity contribution in [2.24, 2.45) is 0 Å². The second-order valence-electron chi connectivity index (χ2n) is 8.87. The number of nitrogens with zero attached hydrogens (tertiary/aromatic N) is 1. The summed E-state index contributed by atoms with van der Waals surface area (Å²) < 4.78 is 52.1. The number of fused-ring (bicyclic) bond motifs is 2. The van der Waals surface area contributed by atoms with Crippen LogP contribution in [0, 0.1) is 5.82 Å². The molecule has 3 aromatic carbocycles. The van der Waals surface area contributed by atoms with Crippen molar-refractivity contribution >= 4 is 33.4 Å². The topological polar surface area (TPSA) is 119 Å². The number of Topliss-reactive ketones (excluding diaryl/α,β-unsaturated/α-hetero) is 1. The monoisotopic (exact) mass is 538 g/mol. The Labute approximate surface area is 218 Å². The Hall–Kier alpha value is -4.09. The van der Waals surface area contributed by atoms with Crippen LogP contribution in [0.2, 0.25) is 0 Å². The van der Waals surface area contributed by atoms with Gasteiger partial charge in [-0.3, -0.25) is 14.4 Å². The summed E-state index contributed by atoms with van der Waals surface area (Å²) >= 11 is 0. The molecule has 2 aliphatic heterocycles. The fraction of sp³-hybridized carbons (Fsp3) is 0.222. The lowest BCUT2D eigenvalue weighted by Crippen LogP contribution is -2.41. The molecule has 1 atom stereocenters. The van der Waals surface area contributed by atoms with Crippen molar-refractivity contribution in [2.75, 3.05) is 25.1 Å². The molecule has 196 valence electrons. The second kappa shape index (κ2) is 10.3. The molecule has 0 aromatic heterocycles. The van der Waals surface area contributed by atoms with Crippen molar-refractivity contribution in [3.05, 3.63) is 89.2 Å². The van der Waals surface area contributed by atoms with Crippen LogP contribution in [-0.4, -0.2) is 50.1 Å². The summed E-state index contributed by atoms with van der Waals surface area (Å²) in [5, 5.41) is 2.61. The number of rotatable bonds is 7. The molecule has 0 spiro atoms. The molecule has 1 unspecified atom stereocenters.